The highest BCUT2D eigenvalue weighted by molar-refractivity contribution is 5.93. The lowest BCUT2D eigenvalue weighted by Crippen LogP contribution is -2.42. The van der Waals surface area contributed by atoms with Gasteiger partial charge in [0, 0.05) is 18.3 Å². The van der Waals surface area contributed by atoms with Crippen molar-refractivity contribution in [3.63, 3.8) is 0 Å². The van der Waals surface area contributed by atoms with Gasteiger partial charge in [-0.25, -0.2) is 0 Å². The Labute approximate surface area is 156 Å². The van der Waals surface area contributed by atoms with Crippen molar-refractivity contribution in [1.29, 1.82) is 5.26 Å². The van der Waals surface area contributed by atoms with Crippen molar-refractivity contribution in [3.05, 3.63) is 16.8 Å². The summed E-state index contributed by atoms with van der Waals surface area (Å²) >= 11 is 0. The number of nitrogens with zero attached hydrogens (tertiary/aromatic N) is 3. The molecule has 3 rings (SSSR count). The van der Waals surface area contributed by atoms with Gasteiger partial charge in [-0.15, -0.1) is 0 Å². The van der Waals surface area contributed by atoms with Gasteiger partial charge in [0.15, 0.2) is 0 Å². The molecule has 142 valence electrons. The molecule has 2 aliphatic rings. The summed E-state index contributed by atoms with van der Waals surface area (Å²) in [6.07, 6.45) is 5.78. The van der Waals surface area contributed by atoms with Gasteiger partial charge in [0.2, 0.25) is 5.91 Å². The second kappa shape index (κ2) is 8.24. The summed E-state index contributed by atoms with van der Waals surface area (Å²) in [4.78, 5) is 14.9. The first kappa shape index (κ1) is 18.9. The maximum Gasteiger partial charge on any atom is 0.239 e. The highest BCUT2D eigenvalue weighted by Crippen LogP contribution is 2.28. The van der Waals surface area contributed by atoms with E-state index < -0.39 is 0 Å². The number of carbonyl (C=O) groups excluding carboxylic acids is 1. The molecule has 2 aliphatic heterocycles. The molecular weight excluding hydrogens is 328 g/mol. The maximum atomic E-state index is 12.7. The zero-order chi connectivity index (χ0) is 18.7. The molecule has 0 unspecified atom stereocenters. The number of ether oxygens (including phenoxy) is 1. The summed E-state index contributed by atoms with van der Waals surface area (Å²) in [7, 11) is 0. The van der Waals surface area contributed by atoms with Crippen LogP contribution >= 0.6 is 0 Å². The van der Waals surface area contributed by atoms with Crippen molar-refractivity contribution in [1.82, 2.24) is 9.47 Å². The molecule has 26 heavy (non-hydrogen) atoms. The van der Waals surface area contributed by atoms with Gasteiger partial charge in [0.1, 0.15) is 11.9 Å². The third-order valence-corrected chi connectivity index (χ3v) is 5.90. The molecule has 3 heterocycles. The Hall–Kier alpha value is -1.84. The van der Waals surface area contributed by atoms with Gasteiger partial charge < -0.3 is 14.6 Å². The summed E-state index contributed by atoms with van der Waals surface area (Å²) < 4.78 is 7.82. The lowest BCUT2D eigenvalue weighted by atomic mass is 10.0. The molecule has 0 aliphatic carbocycles. The van der Waals surface area contributed by atoms with E-state index in [0.717, 1.165) is 50.1 Å². The van der Waals surface area contributed by atoms with Gasteiger partial charge in [-0.1, -0.05) is 6.42 Å². The number of anilines is 1. The van der Waals surface area contributed by atoms with Crippen LogP contribution in [-0.4, -0.2) is 47.2 Å². The number of likely N-dealkylation sites (tertiary alicyclic amines) is 1. The molecule has 0 spiro atoms. The van der Waals surface area contributed by atoms with E-state index in [1.165, 1.54) is 6.42 Å². The Balaban J connectivity index is 1.77. The molecule has 0 radical (unpaired) electrons. The van der Waals surface area contributed by atoms with Crippen LogP contribution < -0.4 is 5.32 Å². The summed E-state index contributed by atoms with van der Waals surface area (Å²) in [6, 6.07) is 2.71. The fraction of sp³-hybridized carbons (Fsp3) is 0.700. The lowest BCUT2D eigenvalue weighted by Gasteiger charge is -2.32. The zero-order valence-electron chi connectivity index (χ0n) is 16.2. The lowest BCUT2D eigenvalue weighted by molar-refractivity contribution is -0.118. The topological polar surface area (TPSA) is 70.3 Å². The smallest absolute Gasteiger partial charge is 0.239 e. The summed E-state index contributed by atoms with van der Waals surface area (Å²) in [5.74, 6) is 0.592. The largest absolute Gasteiger partial charge is 0.376 e. The predicted molar refractivity (Wildman–Crippen MR) is 101 cm³/mol. The van der Waals surface area contributed by atoms with E-state index in [-0.39, 0.29) is 12.0 Å². The molecular formula is C20H30N4O2. The molecule has 6 heteroatoms. The van der Waals surface area contributed by atoms with E-state index in [4.69, 9.17) is 4.74 Å². The molecule has 1 N–H and O–H groups in total. The summed E-state index contributed by atoms with van der Waals surface area (Å²) in [5.41, 5.74) is 2.53. The Morgan fingerprint density at radius 3 is 2.77 bits per heavy atom. The van der Waals surface area contributed by atoms with Crippen molar-refractivity contribution >= 4 is 11.7 Å². The monoisotopic (exact) mass is 358 g/mol. The van der Waals surface area contributed by atoms with Gasteiger partial charge >= 0.3 is 0 Å². The number of carbonyl (C=O) groups is 1. The van der Waals surface area contributed by atoms with Gasteiger partial charge in [0.25, 0.3) is 0 Å². The van der Waals surface area contributed by atoms with Crippen molar-refractivity contribution < 1.29 is 9.53 Å². The van der Waals surface area contributed by atoms with Crippen LogP contribution in [0.25, 0.3) is 0 Å². The van der Waals surface area contributed by atoms with Crippen LogP contribution in [-0.2, 0) is 16.1 Å². The number of nitrogens with one attached hydrogen (secondary N) is 1. The first-order valence-corrected chi connectivity index (χ1v) is 9.76. The quantitative estimate of drug-likeness (QED) is 0.878. The molecule has 2 fully saturated rings. The van der Waals surface area contributed by atoms with Crippen LogP contribution in [0.3, 0.4) is 0 Å². The predicted octanol–water partition coefficient (Wildman–Crippen LogP) is 2.97. The number of piperidine rings is 1. The Bertz CT molecular complexity index is 698. The number of aromatic nitrogens is 1. The zero-order valence-corrected chi connectivity index (χ0v) is 16.2. The number of hydrogen-bond acceptors (Lipinski definition) is 4. The van der Waals surface area contributed by atoms with Gasteiger partial charge in [-0.3, -0.25) is 9.69 Å². The molecule has 0 aromatic carbocycles. The molecule has 0 saturated carbocycles. The number of amides is 1. The van der Waals surface area contributed by atoms with E-state index in [0.29, 0.717) is 30.5 Å². The number of hydrogen-bond donors (Lipinski definition) is 1. The minimum atomic E-state index is -0.0404. The number of nitriles is 1. The van der Waals surface area contributed by atoms with Crippen molar-refractivity contribution in [2.75, 3.05) is 25.0 Å². The van der Waals surface area contributed by atoms with Crippen LogP contribution in [0.15, 0.2) is 0 Å². The third-order valence-electron chi connectivity index (χ3n) is 5.90. The minimum absolute atomic E-state index is 0.0404. The van der Waals surface area contributed by atoms with Crippen LogP contribution in [0, 0.1) is 25.2 Å². The second-order valence-corrected chi connectivity index (χ2v) is 7.65. The highest BCUT2D eigenvalue weighted by atomic mass is 16.5. The molecule has 2 saturated heterocycles. The fourth-order valence-corrected chi connectivity index (χ4v) is 4.10. The highest BCUT2D eigenvalue weighted by Gasteiger charge is 2.25. The van der Waals surface area contributed by atoms with Crippen LogP contribution in [0.4, 0.5) is 5.82 Å². The van der Waals surface area contributed by atoms with E-state index >= 15 is 0 Å². The molecule has 0 bridgehead atoms. The van der Waals surface area contributed by atoms with Crippen molar-refractivity contribution in [2.45, 2.75) is 71.6 Å². The number of rotatable bonds is 5. The van der Waals surface area contributed by atoms with Crippen LogP contribution in [0.1, 0.15) is 55.8 Å². The summed E-state index contributed by atoms with van der Waals surface area (Å²) in [5, 5.41) is 12.7. The van der Waals surface area contributed by atoms with Crippen LogP contribution in [0.2, 0.25) is 0 Å². The van der Waals surface area contributed by atoms with E-state index in [9.17, 15) is 10.1 Å². The first-order chi connectivity index (χ1) is 12.5. The average Bonchev–Trinajstić information content (AvgIpc) is 3.20. The van der Waals surface area contributed by atoms with Gasteiger partial charge in [-0.05, 0) is 58.6 Å². The van der Waals surface area contributed by atoms with Crippen LogP contribution in [0.5, 0.6) is 0 Å². The van der Waals surface area contributed by atoms with Gasteiger partial charge in [-0.2, -0.15) is 5.26 Å². The van der Waals surface area contributed by atoms with E-state index in [1.807, 2.05) is 13.8 Å². The van der Waals surface area contributed by atoms with Crippen molar-refractivity contribution in [3.8, 4) is 6.07 Å². The molecule has 6 nitrogen and oxygen atoms in total. The molecule has 1 amide bonds. The standard InChI is InChI=1S/C20H30N4O2/c1-14-7-4-5-9-23(14)13-19(25)22-20-18(11-21)15(2)16(3)24(20)12-17-8-6-10-26-17/h14,17H,4-10,12-13H2,1-3H3,(H,22,25)/t14-,17-/m1/s1. The first-order valence-electron chi connectivity index (χ1n) is 9.76. The Morgan fingerprint density at radius 1 is 1.31 bits per heavy atom. The maximum absolute atomic E-state index is 12.7. The molecule has 1 aromatic heterocycles. The molecule has 2 atom stereocenters. The normalized spacial score (nSPS) is 23.8. The molecule has 1 aromatic rings. The summed E-state index contributed by atoms with van der Waals surface area (Å²) in [6.45, 7) is 8.97. The van der Waals surface area contributed by atoms with Crippen molar-refractivity contribution in [2.24, 2.45) is 0 Å². The SMILES string of the molecule is Cc1c(C#N)c(NC(=O)CN2CCCC[C@H]2C)n(C[C@H]2CCCO2)c1C. The second-order valence-electron chi connectivity index (χ2n) is 7.65. The fourth-order valence-electron chi connectivity index (χ4n) is 4.10. The Kier molecular flexibility index (Phi) is 6.00. The Morgan fingerprint density at radius 2 is 2.12 bits per heavy atom. The minimum Gasteiger partial charge on any atom is -0.376 e. The third kappa shape index (κ3) is 3.94. The van der Waals surface area contributed by atoms with E-state index in [1.54, 1.807) is 0 Å². The van der Waals surface area contributed by atoms with E-state index in [2.05, 4.69) is 27.8 Å². The average molecular weight is 358 g/mol. The van der Waals surface area contributed by atoms with Gasteiger partial charge in [0.05, 0.1) is 24.8 Å².